The van der Waals surface area contributed by atoms with Crippen molar-refractivity contribution in [1.82, 2.24) is 0 Å². The third-order valence-electron chi connectivity index (χ3n) is 3.39. The molecule has 2 rings (SSSR count). The van der Waals surface area contributed by atoms with E-state index in [1.807, 2.05) is 30.0 Å². The number of nitrogens with two attached hydrogens (primary N) is 1. The zero-order valence-corrected chi connectivity index (χ0v) is 11.7. The van der Waals surface area contributed by atoms with Gasteiger partial charge in [0, 0.05) is 24.7 Å². The first kappa shape index (κ1) is 15.0. The number of hydrogen-bond acceptors (Lipinski definition) is 2. The highest BCUT2D eigenvalue weighted by atomic mass is 35.5. The molecule has 2 unspecified atom stereocenters. The van der Waals surface area contributed by atoms with Crippen molar-refractivity contribution < 1.29 is 4.79 Å². The number of benzene rings is 1. The van der Waals surface area contributed by atoms with E-state index >= 15 is 0 Å². The molecule has 0 radical (unpaired) electrons. The predicted octanol–water partition coefficient (Wildman–Crippen LogP) is 2.23. The van der Waals surface area contributed by atoms with E-state index in [0.29, 0.717) is 12.5 Å². The molecule has 0 aromatic heterocycles. The van der Waals surface area contributed by atoms with E-state index in [1.54, 1.807) is 0 Å². The average Bonchev–Trinajstić information content (AvgIpc) is 2.35. The molecule has 4 heteroatoms. The van der Waals surface area contributed by atoms with Crippen molar-refractivity contribution in [1.29, 1.82) is 0 Å². The van der Waals surface area contributed by atoms with Crippen LogP contribution in [0.2, 0.25) is 0 Å². The molecule has 2 atom stereocenters. The lowest BCUT2D eigenvalue weighted by atomic mass is 9.93. The summed E-state index contributed by atoms with van der Waals surface area (Å²) in [5.41, 5.74) is 7.92. The monoisotopic (exact) mass is 268 g/mol. The van der Waals surface area contributed by atoms with E-state index in [4.69, 9.17) is 5.73 Å². The quantitative estimate of drug-likeness (QED) is 0.894. The predicted molar refractivity (Wildman–Crippen MR) is 77.1 cm³/mol. The summed E-state index contributed by atoms with van der Waals surface area (Å²) in [5.74, 6) is 0.554. The maximum Gasteiger partial charge on any atom is 0.231 e. The summed E-state index contributed by atoms with van der Waals surface area (Å²) in [6, 6.07) is 8.16. The second-order valence-corrected chi connectivity index (χ2v) is 5.02. The molecule has 0 saturated carbocycles. The van der Waals surface area contributed by atoms with Crippen LogP contribution in [-0.2, 0) is 11.2 Å². The van der Waals surface area contributed by atoms with Gasteiger partial charge in [-0.25, -0.2) is 0 Å². The van der Waals surface area contributed by atoms with Gasteiger partial charge in [0.15, 0.2) is 0 Å². The van der Waals surface area contributed by atoms with Crippen LogP contribution in [0.4, 0.5) is 5.69 Å². The summed E-state index contributed by atoms with van der Waals surface area (Å²) in [6.07, 6.45) is 1.05. The fourth-order valence-electron chi connectivity index (χ4n) is 2.37. The molecule has 1 aliphatic rings. The highest BCUT2D eigenvalue weighted by molar-refractivity contribution is 5.96. The SMILES string of the molecule is CC1Cc2ccccc2N(C(=O)C(C)CN)C1.Cl. The van der Waals surface area contributed by atoms with Crippen LogP contribution in [0.25, 0.3) is 0 Å². The summed E-state index contributed by atoms with van der Waals surface area (Å²) in [4.78, 5) is 14.2. The zero-order chi connectivity index (χ0) is 12.4. The molecular weight excluding hydrogens is 248 g/mol. The molecule has 1 aliphatic heterocycles. The van der Waals surface area contributed by atoms with Gasteiger partial charge in [0.25, 0.3) is 0 Å². The molecule has 0 spiro atoms. The third kappa shape index (κ3) is 2.85. The van der Waals surface area contributed by atoms with Gasteiger partial charge in [-0.2, -0.15) is 0 Å². The summed E-state index contributed by atoms with van der Waals surface area (Å²) in [5, 5.41) is 0. The fraction of sp³-hybridized carbons (Fsp3) is 0.500. The number of carbonyl (C=O) groups excluding carboxylic acids is 1. The van der Waals surface area contributed by atoms with E-state index in [9.17, 15) is 4.79 Å². The van der Waals surface area contributed by atoms with Crippen LogP contribution in [0.1, 0.15) is 19.4 Å². The van der Waals surface area contributed by atoms with Gasteiger partial charge in [0.1, 0.15) is 0 Å². The number of fused-ring (bicyclic) bond motifs is 1. The Balaban J connectivity index is 0.00000162. The number of rotatable bonds is 2. The van der Waals surface area contributed by atoms with Crippen LogP contribution in [0.15, 0.2) is 24.3 Å². The van der Waals surface area contributed by atoms with Gasteiger partial charge in [0.2, 0.25) is 5.91 Å². The summed E-state index contributed by atoms with van der Waals surface area (Å²) in [6.45, 7) is 5.29. The van der Waals surface area contributed by atoms with Crippen molar-refractivity contribution in [2.24, 2.45) is 17.6 Å². The van der Waals surface area contributed by atoms with Gasteiger partial charge in [-0.15, -0.1) is 12.4 Å². The maximum absolute atomic E-state index is 12.3. The van der Waals surface area contributed by atoms with Crippen molar-refractivity contribution in [3.63, 3.8) is 0 Å². The smallest absolute Gasteiger partial charge is 0.231 e. The minimum atomic E-state index is -0.103. The van der Waals surface area contributed by atoms with Gasteiger partial charge >= 0.3 is 0 Å². The van der Waals surface area contributed by atoms with E-state index in [1.165, 1.54) is 5.56 Å². The van der Waals surface area contributed by atoms with Crippen LogP contribution < -0.4 is 10.6 Å². The van der Waals surface area contributed by atoms with Crippen molar-refractivity contribution >= 4 is 24.0 Å². The molecule has 2 N–H and O–H groups in total. The molecule has 100 valence electrons. The Labute approximate surface area is 115 Å². The van der Waals surface area contributed by atoms with E-state index < -0.39 is 0 Å². The first-order chi connectivity index (χ1) is 8.13. The Morgan fingerprint density at radius 2 is 2.17 bits per heavy atom. The van der Waals surface area contributed by atoms with Crippen LogP contribution in [0, 0.1) is 11.8 Å². The first-order valence-corrected chi connectivity index (χ1v) is 6.22. The topological polar surface area (TPSA) is 46.3 Å². The van der Waals surface area contributed by atoms with Crippen molar-refractivity contribution in [3.8, 4) is 0 Å². The summed E-state index contributed by atoms with van der Waals surface area (Å²) < 4.78 is 0. The highest BCUT2D eigenvalue weighted by Gasteiger charge is 2.28. The molecule has 1 heterocycles. The Morgan fingerprint density at radius 1 is 1.50 bits per heavy atom. The molecule has 1 aromatic carbocycles. The largest absolute Gasteiger partial charge is 0.330 e. The molecule has 3 nitrogen and oxygen atoms in total. The maximum atomic E-state index is 12.3. The van der Waals surface area contributed by atoms with E-state index in [0.717, 1.165) is 18.7 Å². The van der Waals surface area contributed by atoms with E-state index in [2.05, 4.69) is 13.0 Å². The zero-order valence-electron chi connectivity index (χ0n) is 10.9. The van der Waals surface area contributed by atoms with Gasteiger partial charge in [-0.3, -0.25) is 4.79 Å². The van der Waals surface area contributed by atoms with Gasteiger partial charge < -0.3 is 10.6 Å². The lowest BCUT2D eigenvalue weighted by Gasteiger charge is -2.34. The lowest BCUT2D eigenvalue weighted by molar-refractivity contribution is -0.121. The fourth-order valence-corrected chi connectivity index (χ4v) is 2.37. The number of halogens is 1. The first-order valence-electron chi connectivity index (χ1n) is 6.22. The van der Waals surface area contributed by atoms with Crippen LogP contribution in [-0.4, -0.2) is 19.0 Å². The Kier molecular flexibility index (Phi) is 5.17. The van der Waals surface area contributed by atoms with Crippen LogP contribution in [0.3, 0.4) is 0 Å². The number of carbonyl (C=O) groups is 1. The molecule has 0 bridgehead atoms. The normalized spacial score (nSPS) is 19.7. The minimum Gasteiger partial charge on any atom is -0.330 e. The number of amides is 1. The Hall–Kier alpha value is -1.06. The second-order valence-electron chi connectivity index (χ2n) is 5.02. The molecule has 0 aliphatic carbocycles. The van der Waals surface area contributed by atoms with Gasteiger partial charge in [-0.05, 0) is 24.0 Å². The summed E-state index contributed by atoms with van der Waals surface area (Å²) >= 11 is 0. The average molecular weight is 269 g/mol. The number of nitrogens with zero attached hydrogens (tertiary/aromatic N) is 1. The van der Waals surface area contributed by atoms with Crippen LogP contribution >= 0.6 is 12.4 Å². The molecule has 1 amide bonds. The third-order valence-corrected chi connectivity index (χ3v) is 3.39. The summed E-state index contributed by atoms with van der Waals surface area (Å²) in [7, 11) is 0. The minimum absolute atomic E-state index is 0. The second kappa shape index (κ2) is 6.21. The molecule has 18 heavy (non-hydrogen) atoms. The highest BCUT2D eigenvalue weighted by Crippen LogP contribution is 2.30. The van der Waals surface area contributed by atoms with Crippen molar-refractivity contribution in [3.05, 3.63) is 29.8 Å². The van der Waals surface area contributed by atoms with Gasteiger partial charge in [0.05, 0.1) is 0 Å². The molecule has 0 saturated heterocycles. The van der Waals surface area contributed by atoms with Crippen LogP contribution in [0.5, 0.6) is 0 Å². The molecule has 0 fully saturated rings. The Bertz CT molecular complexity index is 422. The van der Waals surface area contributed by atoms with Crippen molar-refractivity contribution in [2.75, 3.05) is 18.0 Å². The molecule has 1 aromatic rings. The number of hydrogen-bond donors (Lipinski definition) is 1. The van der Waals surface area contributed by atoms with E-state index in [-0.39, 0.29) is 24.2 Å². The number of anilines is 1. The Morgan fingerprint density at radius 3 is 2.83 bits per heavy atom. The molecular formula is C14H21ClN2O. The lowest BCUT2D eigenvalue weighted by Crippen LogP contribution is -2.43. The van der Waals surface area contributed by atoms with Crippen molar-refractivity contribution in [2.45, 2.75) is 20.3 Å². The number of para-hydroxylation sites is 1. The standard InChI is InChI=1S/C14H20N2O.ClH/c1-10-7-12-5-3-4-6-13(12)16(9-10)14(17)11(2)8-15;/h3-6,10-11H,7-9,15H2,1-2H3;1H. The van der Waals surface area contributed by atoms with Gasteiger partial charge in [-0.1, -0.05) is 32.0 Å².